The summed E-state index contributed by atoms with van der Waals surface area (Å²) in [5.41, 5.74) is 2.39. The molecule has 0 unspecified atom stereocenters. The number of ketones is 1. The predicted octanol–water partition coefficient (Wildman–Crippen LogP) is 2.16. The van der Waals surface area contributed by atoms with Crippen molar-refractivity contribution in [1.82, 2.24) is 5.32 Å². The predicted molar refractivity (Wildman–Crippen MR) is 74.0 cm³/mol. The van der Waals surface area contributed by atoms with Gasteiger partial charge in [-0.3, -0.25) is 4.79 Å². The first-order valence-corrected chi connectivity index (χ1v) is 6.43. The van der Waals surface area contributed by atoms with Crippen molar-refractivity contribution in [2.75, 3.05) is 26.8 Å². The van der Waals surface area contributed by atoms with E-state index in [9.17, 15) is 4.79 Å². The lowest BCUT2D eigenvalue weighted by Crippen LogP contribution is -2.27. The molecule has 0 saturated heterocycles. The molecule has 0 heterocycles. The summed E-state index contributed by atoms with van der Waals surface area (Å²) in [6.07, 6.45) is 0.498. The Hall–Kier alpha value is -1.19. The Morgan fingerprint density at radius 2 is 1.94 bits per heavy atom. The number of hydrogen-bond acceptors (Lipinski definition) is 3. The van der Waals surface area contributed by atoms with Gasteiger partial charge in [-0.1, -0.05) is 38.1 Å². The molecule has 0 saturated carbocycles. The number of benzene rings is 1. The van der Waals surface area contributed by atoms with E-state index in [-0.39, 0.29) is 5.78 Å². The summed E-state index contributed by atoms with van der Waals surface area (Å²) in [4.78, 5) is 11.7. The van der Waals surface area contributed by atoms with Gasteiger partial charge in [0.25, 0.3) is 0 Å². The normalized spacial score (nSPS) is 10.9. The molecule has 1 N–H and O–H groups in total. The quantitative estimate of drug-likeness (QED) is 0.717. The Bertz CT molecular complexity index is 357. The zero-order chi connectivity index (χ0) is 13.4. The van der Waals surface area contributed by atoms with Gasteiger partial charge in [-0.05, 0) is 17.0 Å². The van der Waals surface area contributed by atoms with Gasteiger partial charge in [-0.15, -0.1) is 0 Å². The Morgan fingerprint density at radius 1 is 1.28 bits per heavy atom. The average molecular weight is 249 g/mol. The zero-order valence-corrected chi connectivity index (χ0v) is 11.5. The van der Waals surface area contributed by atoms with Gasteiger partial charge in [0, 0.05) is 20.1 Å². The lowest BCUT2D eigenvalue weighted by molar-refractivity contribution is -0.117. The molecule has 0 aliphatic heterocycles. The number of Topliss-reactive ketones (excluding diaryl/α,β-unsaturated/α-hetero) is 1. The van der Waals surface area contributed by atoms with E-state index in [1.54, 1.807) is 7.11 Å². The van der Waals surface area contributed by atoms with Crippen molar-refractivity contribution in [2.24, 2.45) is 0 Å². The molecule has 0 amide bonds. The van der Waals surface area contributed by atoms with Crippen LogP contribution in [0.4, 0.5) is 0 Å². The summed E-state index contributed by atoms with van der Waals surface area (Å²) < 4.78 is 4.90. The molecule has 100 valence electrons. The lowest BCUT2D eigenvalue weighted by Gasteiger charge is -2.07. The van der Waals surface area contributed by atoms with Crippen molar-refractivity contribution in [3.63, 3.8) is 0 Å². The van der Waals surface area contributed by atoms with Crippen molar-refractivity contribution in [3.8, 4) is 0 Å². The van der Waals surface area contributed by atoms with E-state index in [2.05, 4.69) is 31.3 Å². The maximum absolute atomic E-state index is 11.7. The van der Waals surface area contributed by atoms with Gasteiger partial charge in [-0.25, -0.2) is 0 Å². The van der Waals surface area contributed by atoms with Gasteiger partial charge >= 0.3 is 0 Å². The molecule has 0 aliphatic rings. The second-order valence-electron chi connectivity index (χ2n) is 4.78. The molecule has 0 radical (unpaired) electrons. The maximum Gasteiger partial charge on any atom is 0.150 e. The van der Waals surface area contributed by atoms with Gasteiger partial charge in [0.15, 0.2) is 5.78 Å². The van der Waals surface area contributed by atoms with Crippen LogP contribution in [-0.2, 0) is 16.0 Å². The standard InChI is InChI=1S/C15H23NO2/c1-12(2)14-6-4-13(5-7-14)10-15(17)11-16-8-9-18-3/h4-7,12,16H,8-11H2,1-3H3. The third kappa shape index (κ3) is 5.43. The fraction of sp³-hybridized carbons (Fsp3) is 0.533. The lowest BCUT2D eigenvalue weighted by atomic mass is 10.00. The number of ether oxygens (including phenoxy) is 1. The van der Waals surface area contributed by atoms with E-state index in [0.717, 1.165) is 5.56 Å². The first-order chi connectivity index (χ1) is 8.63. The van der Waals surface area contributed by atoms with Crippen molar-refractivity contribution >= 4 is 5.78 Å². The third-order valence-electron chi connectivity index (χ3n) is 2.85. The van der Waals surface area contributed by atoms with Gasteiger partial charge < -0.3 is 10.1 Å². The highest BCUT2D eigenvalue weighted by Crippen LogP contribution is 2.14. The molecule has 1 aromatic rings. The SMILES string of the molecule is COCCNCC(=O)Cc1ccc(C(C)C)cc1. The van der Waals surface area contributed by atoms with Crippen LogP contribution in [0.5, 0.6) is 0 Å². The molecule has 18 heavy (non-hydrogen) atoms. The number of carbonyl (C=O) groups is 1. The minimum Gasteiger partial charge on any atom is -0.383 e. The molecule has 0 atom stereocenters. The summed E-state index contributed by atoms with van der Waals surface area (Å²) in [5, 5.41) is 3.06. The van der Waals surface area contributed by atoms with E-state index >= 15 is 0 Å². The second-order valence-corrected chi connectivity index (χ2v) is 4.78. The molecule has 1 aromatic carbocycles. The first-order valence-electron chi connectivity index (χ1n) is 6.43. The van der Waals surface area contributed by atoms with Crippen LogP contribution in [-0.4, -0.2) is 32.6 Å². The highest BCUT2D eigenvalue weighted by Gasteiger charge is 2.04. The van der Waals surface area contributed by atoms with Crippen molar-refractivity contribution in [2.45, 2.75) is 26.2 Å². The van der Waals surface area contributed by atoms with Gasteiger partial charge in [0.05, 0.1) is 13.2 Å². The number of hydrogen-bond donors (Lipinski definition) is 1. The van der Waals surface area contributed by atoms with E-state index in [1.165, 1.54) is 5.56 Å². The Kier molecular flexibility index (Phi) is 6.61. The fourth-order valence-corrected chi connectivity index (χ4v) is 1.71. The highest BCUT2D eigenvalue weighted by molar-refractivity contribution is 5.82. The molecule has 0 aromatic heterocycles. The van der Waals surface area contributed by atoms with Crippen LogP contribution in [0, 0.1) is 0 Å². The van der Waals surface area contributed by atoms with Crippen LogP contribution in [0.2, 0.25) is 0 Å². The number of methoxy groups -OCH3 is 1. The van der Waals surface area contributed by atoms with Crippen LogP contribution in [0.15, 0.2) is 24.3 Å². The minimum atomic E-state index is 0.211. The smallest absolute Gasteiger partial charge is 0.150 e. The number of rotatable bonds is 8. The van der Waals surface area contributed by atoms with Crippen molar-refractivity contribution < 1.29 is 9.53 Å². The van der Waals surface area contributed by atoms with E-state index in [0.29, 0.717) is 32.0 Å². The molecule has 0 spiro atoms. The molecule has 3 nitrogen and oxygen atoms in total. The van der Waals surface area contributed by atoms with Crippen LogP contribution < -0.4 is 5.32 Å². The minimum absolute atomic E-state index is 0.211. The van der Waals surface area contributed by atoms with Gasteiger partial charge in [0.2, 0.25) is 0 Å². The molecule has 3 heteroatoms. The molecular weight excluding hydrogens is 226 g/mol. The average Bonchev–Trinajstić information content (AvgIpc) is 2.35. The van der Waals surface area contributed by atoms with Gasteiger partial charge in [0.1, 0.15) is 0 Å². The fourth-order valence-electron chi connectivity index (χ4n) is 1.71. The van der Waals surface area contributed by atoms with Crippen LogP contribution in [0.3, 0.4) is 0 Å². The summed E-state index contributed by atoms with van der Waals surface area (Å²) in [7, 11) is 1.65. The molecular formula is C15H23NO2. The Labute approximate surface area is 110 Å². The second kappa shape index (κ2) is 8.01. The highest BCUT2D eigenvalue weighted by atomic mass is 16.5. The molecule has 0 bridgehead atoms. The molecule has 1 rings (SSSR count). The maximum atomic E-state index is 11.7. The topological polar surface area (TPSA) is 38.3 Å². The Balaban J connectivity index is 2.35. The van der Waals surface area contributed by atoms with Crippen LogP contribution >= 0.6 is 0 Å². The zero-order valence-electron chi connectivity index (χ0n) is 11.5. The summed E-state index contributed by atoms with van der Waals surface area (Å²) in [6, 6.07) is 8.29. The summed E-state index contributed by atoms with van der Waals surface area (Å²) >= 11 is 0. The third-order valence-corrected chi connectivity index (χ3v) is 2.85. The number of carbonyl (C=O) groups excluding carboxylic acids is 1. The number of nitrogens with one attached hydrogen (secondary N) is 1. The Morgan fingerprint density at radius 3 is 2.50 bits per heavy atom. The molecule has 0 aliphatic carbocycles. The monoisotopic (exact) mass is 249 g/mol. The first kappa shape index (κ1) is 14.9. The summed E-state index contributed by atoms with van der Waals surface area (Å²) in [6.45, 7) is 6.10. The van der Waals surface area contributed by atoms with Crippen LogP contribution in [0.25, 0.3) is 0 Å². The van der Waals surface area contributed by atoms with E-state index < -0.39 is 0 Å². The summed E-state index contributed by atoms with van der Waals surface area (Å²) in [5.74, 6) is 0.744. The molecule has 0 fully saturated rings. The largest absolute Gasteiger partial charge is 0.383 e. The van der Waals surface area contributed by atoms with E-state index in [4.69, 9.17) is 4.74 Å². The van der Waals surface area contributed by atoms with Crippen molar-refractivity contribution in [3.05, 3.63) is 35.4 Å². The van der Waals surface area contributed by atoms with Crippen molar-refractivity contribution in [1.29, 1.82) is 0 Å². The van der Waals surface area contributed by atoms with Gasteiger partial charge in [-0.2, -0.15) is 0 Å². The van der Waals surface area contributed by atoms with E-state index in [1.807, 2.05) is 12.1 Å². The van der Waals surface area contributed by atoms with Crippen LogP contribution in [0.1, 0.15) is 30.9 Å².